The van der Waals surface area contributed by atoms with Crippen molar-refractivity contribution in [1.82, 2.24) is 4.90 Å². The Morgan fingerprint density at radius 1 is 1.00 bits per heavy atom. The number of imide groups is 1. The van der Waals surface area contributed by atoms with Gasteiger partial charge in [0.1, 0.15) is 5.75 Å². The zero-order chi connectivity index (χ0) is 29.8. The van der Waals surface area contributed by atoms with E-state index < -0.39 is 17.8 Å². The van der Waals surface area contributed by atoms with Crippen molar-refractivity contribution in [2.45, 2.75) is 70.8 Å². The maximum Gasteiger partial charge on any atom is 0.303 e. The average Bonchev–Trinajstić information content (AvgIpc) is 3.51. The van der Waals surface area contributed by atoms with Crippen LogP contribution in [-0.4, -0.2) is 63.9 Å². The summed E-state index contributed by atoms with van der Waals surface area (Å²) in [6, 6.07) is 11.5. The summed E-state index contributed by atoms with van der Waals surface area (Å²) in [7, 11) is 0. The molecule has 0 bridgehead atoms. The number of ether oxygens (including phenoxy) is 1. The minimum Gasteiger partial charge on any atom is -0.507 e. The van der Waals surface area contributed by atoms with Crippen LogP contribution in [0.2, 0.25) is 0 Å². The number of amides is 2. The average molecular weight is 576 g/mol. The molecule has 8 nitrogen and oxygen atoms in total. The number of fused-ring (bicyclic) bond motifs is 4. The van der Waals surface area contributed by atoms with Crippen molar-refractivity contribution in [3.8, 4) is 5.75 Å². The van der Waals surface area contributed by atoms with Crippen molar-refractivity contribution in [1.29, 1.82) is 0 Å². The first-order chi connectivity index (χ1) is 20.3. The zero-order valence-corrected chi connectivity index (χ0v) is 24.3. The number of hydrogen-bond donors (Lipinski definition) is 3. The predicted molar refractivity (Wildman–Crippen MR) is 159 cm³/mol. The van der Waals surface area contributed by atoms with Gasteiger partial charge < -0.3 is 20.1 Å². The van der Waals surface area contributed by atoms with Crippen LogP contribution in [0.15, 0.2) is 53.1 Å². The molecule has 224 valence electrons. The van der Waals surface area contributed by atoms with Crippen molar-refractivity contribution in [3.05, 3.63) is 58.7 Å². The topological polar surface area (TPSA) is 124 Å². The normalized spacial score (nSPS) is 24.0. The number of carbonyl (C=O) groups is 3. The number of phenols is 1. The third-order valence-corrected chi connectivity index (χ3v) is 9.16. The SMILES string of the molecule is CCC/C(=C\c1ccc(O)c2ccccc12)CC[C@H]1OC[C@H]2C1=C(CO)C[C@H]1C(=O)N(CCCCCC(=O)O)C(=O)[C@H]12. The Balaban J connectivity index is 1.30. The number of phenolic OH excluding ortho intramolecular Hbond substituents is 1. The highest BCUT2D eigenvalue weighted by atomic mass is 16.5. The number of carboxylic acids is 1. The van der Waals surface area contributed by atoms with Crippen molar-refractivity contribution >= 4 is 34.6 Å². The molecule has 2 aromatic rings. The highest BCUT2D eigenvalue weighted by Crippen LogP contribution is 2.50. The van der Waals surface area contributed by atoms with Crippen LogP contribution in [0, 0.1) is 17.8 Å². The lowest BCUT2D eigenvalue weighted by Crippen LogP contribution is -2.35. The van der Waals surface area contributed by atoms with Crippen LogP contribution in [0.25, 0.3) is 16.8 Å². The molecule has 2 amide bonds. The number of likely N-dealkylation sites (tertiary alicyclic amines) is 1. The number of rotatable bonds is 13. The van der Waals surface area contributed by atoms with E-state index in [9.17, 15) is 24.6 Å². The lowest BCUT2D eigenvalue weighted by molar-refractivity contribution is -0.141. The molecule has 0 unspecified atom stereocenters. The second-order valence-electron chi connectivity index (χ2n) is 11.8. The van der Waals surface area contributed by atoms with Gasteiger partial charge in [-0.15, -0.1) is 0 Å². The van der Waals surface area contributed by atoms with Crippen molar-refractivity contribution < 1.29 is 34.4 Å². The summed E-state index contributed by atoms with van der Waals surface area (Å²) >= 11 is 0. The second kappa shape index (κ2) is 13.2. The Bertz CT molecular complexity index is 1410. The van der Waals surface area contributed by atoms with Crippen LogP contribution in [0.1, 0.15) is 70.3 Å². The Kier molecular flexibility index (Phi) is 9.43. The van der Waals surface area contributed by atoms with Crippen LogP contribution in [0.4, 0.5) is 0 Å². The van der Waals surface area contributed by atoms with Crippen LogP contribution in [0.3, 0.4) is 0 Å². The fourth-order valence-electron chi connectivity index (χ4n) is 7.19. The maximum absolute atomic E-state index is 13.5. The highest BCUT2D eigenvalue weighted by Gasteiger charge is 2.56. The fourth-order valence-corrected chi connectivity index (χ4v) is 7.19. The molecule has 2 aliphatic heterocycles. The summed E-state index contributed by atoms with van der Waals surface area (Å²) in [5.74, 6) is -2.03. The quantitative estimate of drug-likeness (QED) is 0.165. The minimum atomic E-state index is -0.841. The maximum atomic E-state index is 13.5. The molecule has 0 saturated carbocycles. The monoisotopic (exact) mass is 575 g/mol. The molecule has 3 aliphatic rings. The zero-order valence-electron chi connectivity index (χ0n) is 24.3. The van der Waals surface area contributed by atoms with Gasteiger partial charge in [0.25, 0.3) is 0 Å². The number of benzene rings is 2. The summed E-state index contributed by atoms with van der Waals surface area (Å²) in [5.41, 5.74) is 4.18. The molecule has 0 aromatic heterocycles. The van der Waals surface area contributed by atoms with Gasteiger partial charge in [-0.2, -0.15) is 0 Å². The molecule has 2 saturated heterocycles. The molecule has 8 heteroatoms. The smallest absolute Gasteiger partial charge is 0.303 e. The number of carboxylic acid groups (broad SMARTS) is 1. The first kappa shape index (κ1) is 30.0. The van der Waals surface area contributed by atoms with E-state index in [4.69, 9.17) is 9.84 Å². The summed E-state index contributed by atoms with van der Waals surface area (Å²) in [4.78, 5) is 38.9. The van der Waals surface area contributed by atoms with E-state index in [0.29, 0.717) is 38.8 Å². The van der Waals surface area contributed by atoms with Gasteiger partial charge in [0.15, 0.2) is 0 Å². The highest BCUT2D eigenvalue weighted by molar-refractivity contribution is 6.06. The van der Waals surface area contributed by atoms with Gasteiger partial charge >= 0.3 is 5.97 Å². The largest absolute Gasteiger partial charge is 0.507 e. The van der Waals surface area contributed by atoms with Crippen LogP contribution < -0.4 is 0 Å². The number of aliphatic hydroxyl groups excluding tert-OH is 1. The van der Waals surface area contributed by atoms with Gasteiger partial charge in [-0.3, -0.25) is 19.3 Å². The van der Waals surface area contributed by atoms with Crippen molar-refractivity contribution in [3.63, 3.8) is 0 Å². The summed E-state index contributed by atoms with van der Waals surface area (Å²) in [6.45, 7) is 2.68. The fraction of sp³-hybridized carbons (Fsp3) is 0.500. The Morgan fingerprint density at radius 2 is 1.79 bits per heavy atom. The summed E-state index contributed by atoms with van der Waals surface area (Å²) in [6.07, 6.45) is 7.67. The van der Waals surface area contributed by atoms with E-state index in [2.05, 4.69) is 13.0 Å². The summed E-state index contributed by atoms with van der Waals surface area (Å²) < 4.78 is 6.29. The number of aliphatic carboxylic acids is 1. The van der Waals surface area contributed by atoms with E-state index in [0.717, 1.165) is 53.2 Å². The molecule has 0 radical (unpaired) electrons. The van der Waals surface area contributed by atoms with E-state index in [1.807, 2.05) is 30.3 Å². The third kappa shape index (κ3) is 6.01. The molecule has 3 N–H and O–H groups in total. The summed E-state index contributed by atoms with van der Waals surface area (Å²) in [5, 5.41) is 31.3. The Morgan fingerprint density at radius 3 is 2.52 bits per heavy atom. The van der Waals surface area contributed by atoms with Gasteiger partial charge in [0.05, 0.1) is 31.2 Å². The first-order valence-electron chi connectivity index (χ1n) is 15.3. The van der Waals surface area contributed by atoms with Crippen molar-refractivity contribution in [2.24, 2.45) is 17.8 Å². The van der Waals surface area contributed by atoms with Crippen LogP contribution in [-0.2, 0) is 19.1 Å². The molecule has 4 atom stereocenters. The number of aliphatic hydroxyl groups is 1. The van der Waals surface area contributed by atoms with Gasteiger partial charge in [-0.05, 0) is 66.7 Å². The molecular formula is C34H41NO7. The number of hydrogen-bond acceptors (Lipinski definition) is 6. The number of allylic oxidation sites excluding steroid dienone is 1. The molecule has 2 heterocycles. The van der Waals surface area contributed by atoms with E-state index in [1.165, 1.54) is 10.5 Å². The standard InChI is InChI=1S/C34H41NO7/c1-2-8-21(17-22-13-14-28(37)25-10-6-5-9-24(22)25)12-15-29-31-23(19-36)18-26-32(27(31)20-42-29)34(41)35(33(26)40)16-7-3-4-11-30(38)39/h5-6,9-10,13-14,17,26-27,29,32,36-37H,2-4,7-8,11-12,15-16,18-20H2,1H3,(H,38,39)/b21-17+/t26-,27+,29-,32-/m1/s1. The number of nitrogens with zero attached hydrogens (tertiary/aromatic N) is 1. The number of carbonyl (C=O) groups excluding carboxylic acids is 2. The van der Waals surface area contributed by atoms with E-state index >= 15 is 0 Å². The molecule has 42 heavy (non-hydrogen) atoms. The predicted octanol–water partition coefficient (Wildman–Crippen LogP) is 5.46. The third-order valence-electron chi connectivity index (χ3n) is 9.16. The number of aromatic hydroxyl groups is 1. The Hall–Kier alpha value is -3.49. The van der Waals surface area contributed by atoms with Gasteiger partial charge in [0, 0.05) is 24.3 Å². The minimum absolute atomic E-state index is 0.0851. The van der Waals surface area contributed by atoms with Crippen molar-refractivity contribution in [2.75, 3.05) is 19.8 Å². The van der Waals surface area contributed by atoms with Gasteiger partial charge in [0.2, 0.25) is 11.8 Å². The molecule has 2 aromatic carbocycles. The first-order valence-corrected chi connectivity index (χ1v) is 15.3. The van der Waals surface area contributed by atoms with E-state index in [-0.39, 0.29) is 42.6 Å². The lowest BCUT2D eigenvalue weighted by atomic mass is 9.69. The Labute approximate surface area is 246 Å². The molecular weight excluding hydrogens is 534 g/mol. The van der Waals surface area contributed by atoms with Crippen LogP contribution in [0.5, 0.6) is 5.75 Å². The number of unbranched alkanes of at least 4 members (excludes halogenated alkanes) is 2. The molecule has 0 spiro atoms. The van der Waals surface area contributed by atoms with Gasteiger partial charge in [-0.1, -0.05) is 61.7 Å². The second-order valence-corrected chi connectivity index (χ2v) is 11.8. The molecule has 5 rings (SSSR count). The molecule has 2 fully saturated rings. The van der Waals surface area contributed by atoms with E-state index in [1.54, 1.807) is 6.07 Å². The van der Waals surface area contributed by atoms with Crippen LogP contribution >= 0.6 is 0 Å². The molecule has 1 aliphatic carbocycles. The van der Waals surface area contributed by atoms with Gasteiger partial charge in [-0.25, -0.2) is 0 Å². The lowest BCUT2D eigenvalue weighted by Gasteiger charge is -2.31.